The quantitative estimate of drug-likeness (QED) is 0.450. The molecule has 0 bridgehead atoms. The summed E-state index contributed by atoms with van der Waals surface area (Å²) in [4.78, 5) is 30.8. The van der Waals surface area contributed by atoms with Crippen molar-refractivity contribution < 1.29 is 18.8 Å². The molecule has 5 heterocycles. The Labute approximate surface area is 228 Å². The van der Waals surface area contributed by atoms with Crippen LogP contribution in [0.3, 0.4) is 0 Å². The largest absolute Gasteiger partial charge is 0.414 e. The molecule has 1 N–H and O–H groups in total. The summed E-state index contributed by atoms with van der Waals surface area (Å²) in [5.41, 5.74) is 0.800. The lowest BCUT2D eigenvalue weighted by Gasteiger charge is -2.34. The number of aromatic nitrogens is 3. The minimum Gasteiger partial charge on any atom is -0.391 e. The Bertz CT molecular complexity index is 1240. The number of likely N-dealkylation sites (tertiary alicyclic amines) is 1. The molecule has 3 aromatic rings. The van der Waals surface area contributed by atoms with Gasteiger partial charge in [-0.15, -0.1) is 23.1 Å². The molecule has 5 rings (SSSR count). The average Bonchev–Trinajstić information content (AvgIpc) is 3.68. The molecule has 37 heavy (non-hydrogen) atoms. The van der Waals surface area contributed by atoms with Gasteiger partial charge in [0.15, 0.2) is 11.5 Å². The summed E-state index contributed by atoms with van der Waals surface area (Å²) in [6, 6.07) is 7.49. The van der Waals surface area contributed by atoms with Gasteiger partial charge in [-0.05, 0) is 38.8 Å². The van der Waals surface area contributed by atoms with E-state index < -0.39 is 6.09 Å². The van der Waals surface area contributed by atoms with Gasteiger partial charge in [0, 0.05) is 49.6 Å². The van der Waals surface area contributed by atoms with Crippen molar-refractivity contribution in [2.24, 2.45) is 0 Å². The predicted octanol–water partition coefficient (Wildman–Crippen LogP) is 4.41. The fourth-order valence-corrected chi connectivity index (χ4v) is 6.33. The highest BCUT2D eigenvalue weighted by molar-refractivity contribution is 7.99. The van der Waals surface area contributed by atoms with Gasteiger partial charge in [-0.1, -0.05) is 16.8 Å². The monoisotopic (exact) mass is 564 g/mol. The molecule has 13 heteroatoms. The fraction of sp³-hybridized carbons (Fsp3) is 0.500. The summed E-state index contributed by atoms with van der Waals surface area (Å²) in [5, 5.41) is 11.6. The van der Waals surface area contributed by atoms with Crippen molar-refractivity contribution in [3.05, 3.63) is 40.0 Å². The van der Waals surface area contributed by atoms with Gasteiger partial charge in [-0.2, -0.15) is 5.10 Å². The molecule has 0 aromatic carbocycles. The van der Waals surface area contributed by atoms with Crippen molar-refractivity contribution >= 4 is 46.7 Å². The zero-order valence-electron chi connectivity index (χ0n) is 20.7. The summed E-state index contributed by atoms with van der Waals surface area (Å²) in [7, 11) is 0. The molecule has 10 nitrogen and oxygen atoms in total. The molecule has 0 spiro atoms. The van der Waals surface area contributed by atoms with E-state index in [9.17, 15) is 9.59 Å². The number of piperidine rings is 1. The SMILES string of the molecule is CC(C)N1CCC(NC(=O)Oc2cc(C(=O)N3CCSC3)nn2Cc2cc(-c3ccc(Cl)s3)on2)CC1. The number of carbonyl (C=O) groups excluding carboxylic acids is 2. The van der Waals surface area contributed by atoms with Crippen LogP contribution in [-0.4, -0.2) is 80.1 Å². The lowest BCUT2D eigenvalue weighted by Crippen LogP contribution is -2.47. The maximum Gasteiger partial charge on any atom is 0.414 e. The lowest BCUT2D eigenvalue weighted by atomic mass is 10.0. The number of thiophene rings is 1. The number of halogens is 1. The molecule has 0 aliphatic carbocycles. The van der Waals surface area contributed by atoms with Crippen LogP contribution in [0.25, 0.3) is 10.6 Å². The van der Waals surface area contributed by atoms with Gasteiger partial charge in [0.1, 0.15) is 5.69 Å². The first-order valence-corrected chi connectivity index (χ1v) is 14.6. The first kappa shape index (κ1) is 26.1. The molecule has 2 aliphatic heterocycles. The highest BCUT2D eigenvalue weighted by Gasteiger charge is 2.27. The third kappa shape index (κ3) is 6.31. The van der Waals surface area contributed by atoms with Crippen LogP contribution in [0.4, 0.5) is 4.79 Å². The zero-order chi connectivity index (χ0) is 25.9. The van der Waals surface area contributed by atoms with E-state index in [0.717, 1.165) is 36.6 Å². The van der Waals surface area contributed by atoms with Gasteiger partial charge in [0.25, 0.3) is 5.91 Å². The maximum atomic E-state index is 13.0. The molecule has 3 aromatic heterocycles. The number of amides is 2. The first-order valence-electron chi connectivity index (χ1n) is 12.2. The molecule has 0 saturated carbocycles. The molecule has 2 fully saturated rings. The fourth-order valence-electron chi connectivity index (χ4n) is 4.39. The number of hydrogen-bond donors (Lipinski definition) is 1. The lowest BCUT2D eigenvalue weighted by molar-refractivity contribution is 0.0796. The van der Waals surface area contributed by atoms with E-state index in [4.69, 9.17) is 20.9 Å². The third-order valence-electron chi connectivity index (χ3n) is 6.47. The van der Waals surface area contributed by atoms with Crippen LogP contribution in [0, 0.1) is 0 Å². The van der Waals surface area contributed by atoms with Gasteiger partial charge < -0.3 is 24.4 Å². The minimum atomic E-state index is -0.561. The summed E-state index contributed by atoms with van der Waals surface area (Å²) in [6.45, 7) is 7.04. The Hall–Kier alpha value is -2.54. The smallest absolute Gasteiger partial charge is 0.391 e. The standard InChI is InChI=1S/C24H29ClN6O4S2/c1-15(2)29-7-5-16(6-8-29)26-24(33)34-22-12-18(23(32)30-9-10-36-14-30)27-31(22)13-17-11-19(35-28-17)20-3-4-21(25)37-20/h3-4,11-12,15-16H,5-10,13-14H2,1-2H3,(H,26,33). The van der Waals surface area contributed by atoms with Gasteiger partial charge in [0.05, 0.1) is 21.6 Å². The second-order valence-electron chi connectivity index (χ2n) is 9.36. The number of rotatable bonds is 7. The van der Waals surface area contributed by atoms with Crippen LogP contribution in [0.2, 0.25) is 4.34 Å². The summed E-state index contributed by atoms with van der Waals surface area (Å²) >= 11 is 9.12. The van der Waals surface area contributed by atoms with Crippen LogP contribution in [0.5, 0.6) is 5.88 Å². The van der Waals surface area contributed by atoms with Crippen molar-refractivity contribution in [3.8, 4) is 16.5 Å². The number of nitrogens with zero attached hydrogens (tertiary/aromatic N) is 5. The highest BCUT2D eigenvalue weighted by Crippen LogP contribution is 2.31. The third-order valence-corrected chi connectivity index (χ3v) is 8.68. The topological polar surface area (TPSA) is 106 Å². The van der Waals surface area contributed by atoms with Crippen LogP contribution in [0.1, 0.15) is 42.9 Å². The minimum absolute atomic E-state index is 0.0392. The Balaban J connectivity index is 1.30. The Morgan fingerprint density at radius 2 is 2.05 bits per heavy atom. The van der Waals surface area contributed by atoms with Crippen LogP contribution in [-0.2, 0) is 6.54 Å². The molecule has 2 saturated heterocycles. The number of hydrogen-bond acceptors (Lipinski definition) is 9. The van der Waals surface area contributed by atoms with E-state index in [2.05, 4.69) is 34.3 Å². The number of carbonyl (C=O) groups is 2. The molecular formula is C24H29ClN6O4S2. The summed E-state index contributed by atoms with van der Waals surface area (Å²) in [5.74, 6) is 2.08. The molecule has 2 amide bonds. The van der Waals surface area contributed by atoms with Gasteiger partial charge in [-0.25, -0.2) is 9.48 Å². The summed E-state index contributed by atoms with van der Waals surface area (Å²) < 4.78 is 13.3. The van der Waals surface area contributed by atoms with E-state index in [1.165, 1.54) is 22.1 Å². The van der Waals surface area contributed by atoms with Crippen molar-refractivity contribution in [1.82, 2.24) is 30.1 Å². The second-order valence-corrected chi connectivity index (χ2v) is 12.1. The van der Waals surface area contributed by atoms with E-state index in [0.29, 0.717) is 34.3 Å². The van der Waals surface area contributed by atoms with Gasteiger partial charge in [0.2, 0.25) is 5.88 Å². The van der Waals surface area contributed by atoms with Crippen molar-refractivity contribution in [2.75, 3.05) is 31.3 Å². The second kappa shape index (κ2) is 11.5. The molecule has 198 valence electrons. The normalized spacial score (nSPS) is 17.0. The highest BCUT2D eigenvalue weighted by atomic mass is 35.5. The molecule has 0 unspecified atom stereocenters. The molecular weight excluding hydrogens is 536 g/mol. The van der Waals surface area contributed by atoms with Crippen LogP contribution in [0.15, 0.2) is 28.8 Å². The molecule has 0 atom stereocenters. The zero-order valence-corrected chi connectivity index (χ0v) is 23.1. The van der Waals surface area contributed by atoms with E-state index in [1.54, 1.807) is 28.8 Å². The van der Waals surface area contributed by atoms with Crippen molar-refractivity contribution in [2.45, 2.75) is 45.3 Å². The van der Waals surface area contributed by atoms with E-state index >= 15 is 0 Å². The van der Waals surface area contributed by atoms with Gasteiger partial charge >= 0.3 is 6.09 Å². The van der Waals surface area contributed by atoms with E-state index in [1.807, 2.05) is 6.07 Å². The Kier molecular flexibility index (Phi) is 8.08. The predicted molar refractivity (Wildman–Crippen MR) is 143 cm³/mol. The van der Waals surface area contributed by atoms with Crippen LogP contribution < -0.4 is 10.1 Å². The van der Waals surface area contributed by atoms with Gasteiger partial charge in [-0.3, -0.25) is 4.79 Å². The van der Waals surface area contributed by atoms with Crippen molar-refractivity contribution in [3.63, 3.8) is 0 Å². The number of nitrogens with one attached hydrogen (secondary N) is 1. The summed E-state index contributed by atoms with van der Waals surface area (Å²) in [6.07, 6.45) is 1.16. The molecule has 2 aliphatic rings. The maximum absolute atomic E-state index is 13.0. The Morgan fingerprint density at radius 1 is 1.24 bits per heavy atom. The Morgan fingerprint density at radius 3 is 2.73 bits per heavy atom. The first-order chi connectivity index (χ1) is 17.9. The van der Waals surface area contributed by atoms with Crippen molar-refractivity contribution in [1.29, 1.82) is 0 Å². The van der Waals surface area contributed by atoms with Crippen LogP contribution >= 0.6 is 34.7 Å². The number of thioether (sulfide) groups is 1. The average molecular weight is 565 g/mol. The molecule has 0 radical (unpaired) electrons. The number of ether oxygens (including phenoxy) is 1. The van der Waals surface area contributed by atoms with E-state index in [-0.39, 0.29) is 30.1 Å².